The van der Waals surface area contributed by atoms with E-state index in [1.807, 2.05) is 13.8 Å². The fraction of sp³-hybridized carbons (Fsp3) is 0.600. The fourth-order valence-electron chi connectivity index (χ4n) is 1.40. The van der Waals surface area contributed by atoms with Gasteiger partial charge in [-0.05, 0) is 13.3 Å². The first-order chi connectivity index (χ1) is 7.98. The molecule has 0 amide bonds. The molecule has 1 heterocycles. The van der Waals surface area contributed by atoms with Gasteiger partial charge in [0.1, 0.15) is 24.5 Å². The Balaban J connectivity index is 2.87. The minimum absolute atomic E-state index is 0.232. The average molecular weight is 248 g/mol. The second-order valence-electron chi connectivity index (χ2n) is 3.40. The number of hydrogen-bond donors (Lipinski definition) is 2. The summed E-state index contributed by atoms with van der Waals surface area (Å²) in [6, 6.07) is 0. The molecule has 0 bridgehead atoms. The number of hydrogen-bond acceptors (Lipinski definition) is 4. The molecule has 1 aromatic rings. The predicted octanol–water partition coefficient (Wildman–Crippen LogP) is 2.45. The second kappa shape index (κ2) is 5.70. The van der Waals surface area contributed by atoms with Gasteiger partial charge < -0.3 is 10.6 Å². The Morgan fingerprint density at radius 2 is 1.71 bits per heavy atom. The Morgan fingerprint density at radius 1 is 1.12 bits per heavy atom. The van der Waals surface area contributed by atoms with Crippen LogP contribution < -0.4 is 10.6 Å². The molecule has 0 saturated carbocycles. The van der Waals surface area contributed by atoms with Crippen LogP contribution in [-0.4, -0.2) is 29.2 Å². The van der Waals surface area contributed by atoms with Crippen molar-refractivity contribution in [1.29, 1.82) is 0 Å². The van der Waals surface area contributed by atoms with Crippen molar-refractivity contribution in [2.75, 3.05) is 23.7 Å². The van der Waals surface area contributed by atoms with Crippen molar-refractivity contribution < 1.29 is 13.2 Å². The van der Waals surface area contributed by atoms with Crippen molar-refractivity contribution in [3.8, 4) is 0 Å². The Morgan fingerprint density at radius 3 is 2.18 bits per heavy atom. The molecule has 0 spiro atoms. The van der Waals surface area contributed by atoms with Crippen LogP contribution in [0.5, 0.6) is 0 Å². The summed E-state index contributed by atoms with van der Waals surface area (Å²) in [4.78, 5) is 7.83. The molecule has 0 fully saturated rings. The average Bonchev–Trinajstić information content (AvgIpc) is 2.26. The Kier molecular flexibility index (Phi) is 4.53. The third-order valence-corrected chi connectivity index (χ3v) is 2.10. The van der Waals surface area contributed by atoms with E-state index in [1.54, 1.807) is 0 Å². The molecule has 17 heavy (non-hydrogen) atoms. The number of alkyl halides is 3. The SMILES string of the molecule is CCNc1ncnc(NCC(F)(F)F)c1CC. The largest absolute Gasteiger partial charge is 0.405 e. The lowest BCUT2D eigenvalue weighted by Crippen LogP contribution is -2.23. The molecule has 1 aromatic heterocycles. The maximum Gasteiger partial charge on any atom is 0.405 e. The molecular weight excluding hydrogens is 233 g/mol. The highest BCUT2D eigenvalue weighted by atomic mass is 19.4. The zero-order chi connectivity index (χ0) is 12.9. The van der Waals surface area contributed by atoms with E-state index < -0.39 is 12.7 Å². The van der Waals surface area contributed by atoms with Crippen molar-refractivity contribution in [1.82, 2.24) is 9.97 Å². The van der Waals surface area contributed by atoms with Gasteiger partial charge in [-0.1, -0.05) is 6.92 Å². The molecule has 0 radical (unpaired) electrons. The first-order valence-electron chi connectivity index (χ1n) is 5.36. The van der Waals surface area contributed by atoms with E-state index in [2.05, 4.69) is 20.6 Å². The van der Waals surface area contributed by atoms with E-state index in [1.165, 1.54) is 6.33 Å². The fourth-order valence-corrected chi connectivity index (χ4v) is 1.40. The molecular formula is C10H15F3N4. The van der Waals surface area contributed by atoms with Gasteiger partial charge in [0.15, 0.2) is 0 Å². The summed E-state index contributed by atoms with van der Waals surface area (Å²) in [5.41, 5.74) is 0.665. The number of aromatic nitrogens is 2. The predicted molar refractivity (Wildman–Crippen MR) is 60.1 cm³/mol. The van der Waals surface area contributed by atoms with Gasteiger partial charge in [-0.2, -0.15) is 13.2 Å². The molecule has 0 atom stereocenters. The van der Waals surface area contributed by atoms with Gasteiger partial charge >= 0.3 is 6.18 Å². The molecule has 0 aliphatic heterocycles. The zero-order valence-corrected chi connectivity index (χ0v) is 9.73. The van der Waals surface area contributed by atoms with Crippen molar-refractivity contribution in [2.24, 2.45) is 0 Å². The quantitative estimate of drug-likeness (QED) is 0.840. The van der Waals surface area contributed by atoms with Crippen LogP contribution in [0.3, 0.4) is 0 Å². The van der Waals surface area contributed by atoms with Gasteiger partial charge in [-0.25, -0.2) is 9.97 Å². The van der Waals surface area contributed by atoms with Crippen molar-refractivity contribution >= 4 is 11.6 Å². The lowest BCUT2D eigenvalue weighted by atomic mass is 10.2. The van der Waals surface area contributed by atoms with E-state index in [-0.39, 0.29) is 5.82 Å². The highest BCUT2D eigenvalue weighted by molar-refractivity contribution is 5.57. The maximum absolute atomic E-state index is 12.1. The Labute approximate surface area is 97.7 Å². The van der Waals surface area contributed by atoms with E-state index in [9.17, 15) is 13.2 Å². The maximum atomic E-state index is 12.1. The second-order valence-corrected chi connectivity index (χ2v) is 3.40. The lowest BCUT2D eigenvalue weighted by molar-refractivity contribution is -0.115. The summed E-state index contributed by atoms with van der Waals surface area (Å²) in [5, 5.41) is 5.28. The molecule has 1 rings (SSSR count). The van der Waals surface area contributed by atoms with E-state index in [0.717, 1.165) is 0 Å². The van der Waals surface area contributed by atoms with Gasteiger partial charge in [0.05, 0.1) is 0 Å². The van der Waals surface area contributed by atoms with Crippen LogP contribution in [0.1, 0.15) is 19.4 Å². The van der Waals surface area contributed by atoms with Gasteiger partial charge in [0.25, 0.3) is 0 Å². The molecule has 0 aliphatic carbocycles. The first kappa shape index (κ1) is 13.5. The molecule has 96 valence electrons. The van der Waals surface area contributed by atoms with E-state index in [4.69, 9.17) is 0 Å². The van der Waals surface area contributed by atoms with Crippen LogP contribution in [-0.2, 0) is 6.42 Å². The standard InChI is InChI=1S/C10H15F3N4/c1-3-7-8(14-4-2)16-6-17-9(7)15-5-10(11,12)13/h6H,3-5H2,1-2H3,(H2,14,15,16,17). The zero-order valence-electron chi connectivity index (χ0n) is 9.73. The van der Waals surface area contributed by atoms with Crippen LogP contribution >= 0.6 is 0 Å². The van der Waals surface area contributed by atoms with Crippen LogP contribution in [0.25, 0.3) is 0 Å². The molecule has 4 nitrogen and oxygen atoms in total. The summed E-state index contributed by atoms with van der Waals surface area (Å²) >= 11 is 0. The first-order valence-corrected chi connectivity index (χ1v) is 5.36. The molecule has 2 N–H and O–H groups in total. The van der Waals surface area contributed by atoms with Crippen molar-refractivity contribution in [3.05, 3.63) is 11.9 Å². The Hall–Kier alpha value is -1.53. The van der Waals surface area contributed by atoms with Crippen molar-refractivity contribution in [3.63, 3.8) is 0 Å². The number of nitrogens with one attached hydrogen (secondary N) is 2. The Bertz CT molecular complexity index is 365. The van der Waals surface area contributed by atoms with Crippen molar-refractivity contribution in [2.45, 2.75) is 26.4 Å². The van der Waals surface area contributed by atoms with Crippen LogP contribution in [0.4, 0.5) is 24.8 Å². The minimum atomic E-state index is -4.26. The summed E-state index contributed by atoms with van der Waals surface area (Å²) in [7, 11) is 0. The van der Waals surface area contributed by atoms with E-state index in [0.29, 0.717) is 24.3 Å². The minimum Gasteiger partial charge on any atom is -0.370 e. The third kappa shape index (κ3) is 4.08. The monoisotopic (exact) mass is 248 g/mol. The summed E-state index contributed by atoms with van der Waals surface area (Å²) in [5.74, 6) is 0.811. The normalized spacial score (nSPS) is 11.4. The highest BCUT2D eigenvalue weighted by Gasteiger charge is 2.27. The molecule has 0 aromatic carbocycles. The summed E-state index contributed by atoms with van der Waals surface area (Å²) in [6.45, 7) is 3.30. The number of halogens is 3. The third-order valence-electron chi connectivity index (χ3n) is 2.10. The number of anilines is 2. The van der Waals surface area contributed by atoms with Gasteiger partial charge in [0, 0.05) is 12.1 Å². The van der Waals surface area contributed by atoms with Gasteiger partial charge in [-0.3, -0.25) is 0 Å². The highest BCUT2D eigenvalue weighted by Crippen LogP contribution is 2.22. The summed E-state index contributed by atoms with van der Waals surface area (Å²) in [6.07, 6.45) is -2.45. The number of nitrogens with zero attached hydrogens (tertiary/aromatic N) is 2. The number of rotatable bonds is 5. The molecule has 0 unspecified atom stereocenters. The lowest BCUT2D eigenvalue weighted by Gasteiger charge is -2.14. The van der Waals surface area contributed by atoms with Crippen LogP contribution in [0.15, 0.2) is 6.33 Å². The summed E-state index contributed by atoms with van der Waals surface area (Å²) < 4.78 is 36.3. The van der Waals surface area contributed by atoms with Crippen LogP contribution in [0, 0.1) is 0 Å². The van der Waals surface area contributed by atoms with Crippen LogP contribution in [0.2, 0.25) is 0 Å². The smallest absolute Gasteiger partial charge is 0.370 e. The molecule has 0 aliphatic rings. The van der Waals surface area contributed by atoms with Gasteiger partial charge in [0.2, 0.25) is 0 Å². The van der Waals surface area contributed by atoms with E-state index >= 15 is 0 Å². The molecule has 7 heteroatoms. The molecule has 0 saturated heterocycles. The topological polar surface area (TPSA) is 49.8 Å². The van der Waals surface area contributed by atoms with Gasteiger partial charge in [-0.15, -0.1) is 0 Å².